The molecule has 0 aliphatic rings. The summed E-state index contributed by atoms with van der Waals surface area (Å²) < 4.78 is 7.73. The zero-order chi connectivity index (χ0) is 12.8. The Morgan fingerprint density at radius 3 is 2.94 bits per heavy atom. The van der Waals surface area contributed by atoms with Crippen LogP contribution in [0.15, 0.2) is 24.5 Å². The smallest absolute Gasteiger partial charge is 0.139 e. The summed E-state index contributed by atoms with van der Waals surface area (Å²) in [4.78, 5) is 4.40. The second-order valence-electron chi connectivity index (χ2n) is 4.46. The van der Waals surface area contributed by atoms with Crippen LogP contribution in [0.1, 0.15) is 25.7 Å². The normalized spacial score (nSPS) is 11.0. The lowest BCUT2D eigenvalue weighted by molar-refractivity contribution is 0.304. The molecule has 0 aliphatic carbocycles. The van der Waals surface area contributed by atoms with E-state index in [0.29, 0.717) is 0 Å². The number of hydrogen-bond acceptors (Lipinski definition) is 2. The SMILES string of the molecule is Cn1ccc2cc(OCCCCCCBr)cnc21. The third kappa shape index (κ3) is 3.48. The minimum Gasteiger partial charge on any atom is -0.492 e. The van der Waals surface area contributed by atoms with Crippen LogP contribution in [0.5, 0.6) is 5.75 Å². The minimum atomic E-state index is 0.780. The lowest BCUT2D eigenvalue weighted by Crippen LogP contribution is -1.98. The summed E-state index contributed by atoms with van der Waals surface area (Å²) in [7, 11) is 2.00. The van der Waals surface area contributed by atoms with Gasteiger partial charge in [0.25, 0.3) is 0 Å². The van der Waals surface area contributed by atoms with Crippen molar-refractivity contribution in [3.63, 3.8) is 0 Å². The molecule has 98 valence electrons. The van der Waals surface area contributed by atoms with E-state index in [1.165, 1.54) is 19.3 Å². The number of unbranched alkanes of at least 4 members (excludes halogenated alkanes) is 3. The fourth-order valence-electron chi connectivity index (χ4n) is 1.95. The molecule has 0 spiro atoms. The summed E-state index contributed by atoms with van der Waals surface area (Å²) in [6, 6.07) is 4.12. The van der Waals surface area contributed by atoms with Crippen molar-refractivity contribution >= 4 is 27.0 Å². The molecule has 0 fully saturated rings. The first-order valence-electron chi connectivity index (χ1n) is 6.41. The Bertz CT molecular complexity index is 495. The van der Waals surface area contributed by atoms with Crippen molar-refractivity contribution in [2.24, 2.45) is 7.05 Å². The number of rotatable bonds is 7. The number of hydrogen-bond donors (Lipinski definition) is 0. The highest BCUT2D eigenvalue weighted by Gasteiger charge is 2.01. The molecular weight excluding hydrogens is 292 g/mol. The first-order chi connectivity index (χ1) is 8.81. The van der Waals surface area contributed by atoms with Gasteiger partial charge < -0.3 is 9.30 Å². The summed E-state index contributed by atoms with van der Waals surface area (Å²) in [5.74, 6) is 0.870. The highest BCUT2D eigenvalue weighted by molar-refractivity contribution is 9.09. The Labute approximate surface area is 116 Å². The average molecular weight is 311 g/mol. The molecule has 4 heteroatoms. The molecule has 0 aromatic carbocycles. The molecule has 0 N–H and O–H groups in total. The van der Waals surface area contributed by atoms with Gasteiger partial charge in [-0.1, -0.05) is 28.8 Å². The molecule has 3 nitrogen and oxygen atoms in total. The standard InChI is InChI=1S/C14H19BrN2O/c1-17-8-6-12-10-13(11-16-14(12)17)18-9-5-3-2-4-7-15/h6,8,10-11H,2-5,7,9H2,1H3. The van der Waals surface area contributed by atoms with E-state index < -0.39 is 0 Å². The van der Waals surface area contributed by atoms with Crippen LogP contribution in [0.2, 0.25) is 0 Å². The zero-order valence-electron chi connectivity index (χ0n) is 10.7. The first-order valence-corrected chi connectivity index (χ1v) is 7.53. The van der Waals surface area contributed by atoms with Crippen LogP contribution < -0.4 is 4.74 Å². The monoisotopic (exact) mass is 310 g/mol. The Balaban J connectivity index is 1.81. The summed E-state index contributed by atoms with van der Waals surface area (Å²) in [5, 5.41) is 2.23. The lowest BCUT2D eigenvalue weighted by Gasteiger charge is -2.06. The van der Waals surface area contributed by atoms with E-state index in [9.17, 15) is 0 Å². The number of aromatic nitrogens is 2. The fraction of sp³-hybridized carbons (Fsp3) is 0.500. The van der Waals surface area contributed by atoms with Gasteiger partial charge in [-0.3, -0.25) is 0 Å². The zero-order valence-corrected chi connectivity index (χ0v) is 12.3. The maximum atomic E-state index is 5.72. The molecule has 0 atom stereocenters. The molecule has 0 radical (unpaired) electrons. The Morgan fingerprint density at radius 2 is 2.11 bits per heavy atom. The van der Waals surface area contributed by atoms with E-state index in [-0.39, 0.29) is 0 Å². The van der Waals surface area contributed by atoms with E-state index in [4.69, 9.17) is 4.74 Å². The van der Waals surface area contributed by atoms with E-state index in [2.05, 4.69) is 33.0 Å². The summed E-state index contributed by atoms with van der Waals surface area (Å²) in [5.41, 5.74) is 1.000. The molecule has 2 aromatic heterocycles. The van der Waals surface area contributed by atoms with Crippen molar-refractivity contribution in [2.75, 3.05) is 11.9 Å². The molecule has 0 saturated heterocycles. The molecule has 2 aromatic rings. The molecule has 0 unspecified atom stereocenters. The van der Waals surface area contributed by atoms with Gasteiger partial charge in [-0.25, -0.2) is 4.98 Å². The number of pyridine rings is 1. The highest BCUT2D eigenvalue weighted by atomic mass is 79.9. The first kappa shape index (κ1) is 13.4. The van der Waals surface area contributed by atoms with Gasteiger partial charge in [0.05, 0.1) is 12.8 Å². The van der Waals surface area contributed by atoms with E-state index in [0.717, 1.165) is 35.1 Å². The second-order valence-corrected chi connectivity index (χ2v) is 5.26. The molecular formula is C14H19BrN2O. The quantitative estimate of drug-likeness (QED) is 0.573. The van der Waals surface area contributed by atoms with Crippen LogP contribution >= 0.6 is 15.9 Å². The molecule has 0 bridgehead atoms. The van der Waals surface area contributed by atoms with Crippen molar-refractivity contribution < 1.29 is 4.74 Å². The summed E-state index contributed by atoms with van der Waals surface area (Å²) in [6.45, 7) is 0.780. The summed E-state index contributed by atoms with van der Waals surface area (Å²) >= 11 is 3.44. The van der Waals surface area contributed by atoms with Crippen molar-refractivity contribution in [1.82, 2.24) is 9.55 Å². The predicted molar refractivity (Wildman–Crippen MR) is 78.5 cm³/mol. The fourth-order valence-corrected chi connectivity index (χ4v) is 2.35. The van der Waals surface area contributed by atoms with Crippen LogP contribution in [0.4, 0.5) is 0 Å². The van der Waals surface area contributed by atoms with E-state index >= 15 is 0 Å². The van der Waals surface area contributed by atoms with Crippen molar-refractivity contribution in [1.29, 1.82) is 0 Å². The van der Waals surface area contributed by atoms with Gasteiger partial charge in [-0.15, -0.1) is 0 Å². The van der Waals surface area contributed by atoms with Crippen LogP contribution in [-0.2, 0) is 7.05 Å². The largest absolute Gasteiger partial charge is 0.492 e. The number of halogens is 1. The minimum absolute atomic E-state index is 0.780. The van der Waals surface area contributed by atoms with Crippen molar-refractivity contribution in [3.8, 4) is 5.75 Å². The molecule has 18 heavy (non-hydrogen) atoms. The van der Waals surface area contributed by atoms with E-state index in [1.807, 2.05) is 17.8 Å². The predicted octanol–water partition coefficient (Wildman–Crippen LogP) is 3.91. The number of fused-ring (bicyclic) bond motifs is 1. The van der Waals surface area contributed by atoms with Crippen LogP contribution in [0.25, 0.3) is 11.0 Å². The highest BCUT2D eigenvalue weighted by Crippen LogP contribution is 2.18. The van der Waals surface area contributed by atoms with E-state index in [1.54, 1.807) is 6.20 Å². The van der Waals surface area contributed by atoms with Gasteiger partial charge in [0.1, 0.15) is 11.4 Å². The third-order valence-corrected chi connectivity index (χ3v) is 3.54. The number of alkyl halides is 1. The maximum absolute atomic E-state index is 5.72. The number of aryl methyl sites for hydroxylation is 1. The Hall–Kier alpha value is -1.03. The Morgan fingerprint density at radius 1 is 1.28 bits per heavy atom. The van der Waals surface area contributed by atoms with Gasteiger partial charge in [0, 0.05) is 24.0 Å². The lowest BCUT2D eigenvalue weighted by atomic mass is 10.2. The third-order valence-electron chi connectivity index (χ3n) is 2.98. The molecule has 0 saturated carbocycles. The molecule has 2 heterocycles. The average Bonchev–Trinajstić information content (AvgIpc) is 2.75. The number of nitrogens with zero attached hydrogens (tertiary/aromatic N) is 2. The molecule has 0 aliphatic heterocycles. The Kier molecular flexibility index (Phi) is 5.05. The maximum Gasteiger partial charge on any atom is 0.139 e. The van der Waals surface area contributed by atoms with Crippen LogP contribution in [0.3, 0.4) is 0 Å². The molecule has 2 rings (SSSR count). The second kappa shape index (κ2) is 6.78. The molecule has 0 amide bonds. The topological polar surface area (TPSA) is 27.1 Å². The van der Waals surface area contributed by atoms with Gasteiger partial charge in [-0.05, 0) is 25.0 Å². The van der Waals surface area contributed by atoms with Crippen molar-refractivity contribution in [2.45, 2.75) is 25.7 Å². The van der Waals surface area contributed by atoms with Crippen molar-refractivity contribution in [3.05, 3.63) is 24.5 Å². The van der Waals surface area contributed by atoms with Gasteiger partial charge in [-0.2, -0.15) is 0 Å². The van der Waals surface area contributed by atoms with Gasteiger partial charge in [0.15, 0.2) is 0 Å². The number of ether oxygens (including phenoxy) is 1. The van der Waals surface area contributed by atoms with Gasteiger partial charge in [0.2, 0.25) is 0 Å². The van der Waals surface area contributed by atoms with Crippen LogP contribution in [0, 0.1) is 0 Å². The van der Waals surface area contributed by atoms with Crippen LogP contribution in [-0.4, -0.2) is 21.5 Å². The summed E-state index contributed by atoms with van der Waals surface area (Å²) in [6.07, 6.45) is 8.68. The van der Waals surface area contributed by atoms with Gasteiger partial charge >= 0.3 is 0 Å².